The van der Waals surface area contributed by atoms with Crippen LogP contribution in [0.4, 0.5) is 5.82 Å². The lowest BCUT2D eigenvalue weighted by Crippen LogP contribution is -2.43. The van der Waals surface area contributed by atoms with Crippen LogP contribution in [0.1, 0.15) is 25.7 Å². The smallest absolute Gasteiger partial charge is 0.168 e. The van der Waals surface area contributed by atoms with Crippen LogP contribution in [0.2, 0.25) is 0 Å². The van der Waals surface area contributed by atoms with E-state index in [1.165, 1.54) is 0 Å². The number of aromatic nitrogens is 1. The van der Waals surface area contributed by atoms with E-state index >= 15 is 0 Å². The number of ether oxygens (including phenoxy) is 3. The van der Waals surface area contributed by atoms with Gasteiger partial charge in [0.1, 0.15) is 11.6 Å². The molecule has 1 aliphatic heterocycles. The summed E-state index contributed by atoms with van der Waals surface area (Å²) in [5, 5.41) is 0. The fourth-order valence-corrected chi connectivity index (χ4v) is 3.10. The fraction of sp³-hybridized carbons (Fsp3) is 0.667. The summed E-state index contributed by atoms with van der Waals surface area (Å²) in [5.41, 5.74) is 0. The third kappa shape index (κ3) is 2.60. The van der Waals surface area contributed by atoms with E-state index in [1.807, 2.05) is 12.1 Å². The molecule has 2 heterocycles. The highest BCUT2D eigenvalue weighted by molar-refractivity contribution is 5.41. The molecule has 2 fully saturated rings. The van der Waals surface area contributed by atoms with Crippen molar-refractivity contribution in [2.75, 3.05) is 32.3 Å². The number of methoxy groups -OCH3 is 1. The minimum atomic E-state index is -0.287. The molecule has 0 N–H and O–H groups in total. The SMILES string of the molecule is COc1ccc(N(C)C2CCC3(CC2)OCCO3)nc1. The molecule has 1 aliphatic carbocycles. The Balaban J connectivity index is 1.61. The average Bonchev–Trinajstić information content (AvgIpc) is 2.96. The maximum Gasteiger partial charge on any atom is 0.168 e. The molecule has 1 aromatic heterocycles. The Hall–Kier alpha value is -1.33. The van der Waals surface area contributed by atoms with Gasteiger partial charge in [0.25, 0.3) is 0 Å². The summed E-state index contributed by atoms with van der Waals surface area (Å²) in [7, 11) is 3.76. The van der Waals surface area contributed by atoms with Crippen LogP contribution in [0.25, 0.3) is 0 Å². The maximum atomic E-state index is 5.77. The Kier molecular flexibility index (Phi) is 3.81. The third-order valence-corrected chi connectivity index (χ3v) is 4.40. The number of rotatable bonds is 3. The molecule has 2 aliphatic rings. The molecule has 110 valence electrons. The molecule has 3 rings (SSSR count). The van der Waals surface area contributed by atoms with Crippen LogP contribution in [-0.2, 0) is 9.47 Å². The van der Waals surface area contributed by atoms with Crippen LogP contribution in [0, 0.1) is 0 Å². The second-order valence-corrected chi connectivity index (χ2v) is 5.51. The average molecular weight is 278 g/mol. The zero-order valence-corrected chi connectivity index (χ0v) is 12.2. The lowest BCUT2D eigenvalue weighted by Gasteiger charge is -2.39. The predicted octanol–water partition coefficient (Wildman–Crippen LogP) is 2.21. The highest BCUT2D eigenvalue weighted by Gasteiger charge is 2.41. The van der Waals surface area contributed by atoms with Crippen LogP contribution in [-0.4, -0.2) is 44.2 Å². The zero-order chi connectivity index (χ0) is 14.0. The lowest BCUT2D eigenvalue weighted by molar-refractivity contribution is -0.178. The number of pyridine rings is 1. The quantitative estimate of drug-likeness (QED) is 0.848. The van der Waals surface area contributed by atoms with Crippen LogP contribution in [0.5, 0.6) is 5.75 Å². The van der Waals surface area contributed by atoms with Gasteiger partial charge in [0.2, 0.25) is 0 Å². The molecule has 0 atom stereocenters. The van der Waals surface area contributed by atoms with Gasteiger partial charge in [-0.15, -0.1) is 0 Å². The first-order chi connectivity index (χ1) is 9.72. The molecule has 0 radical (unpaired) electrons. The topological polar surface area (TPSA) is 43.8 Å². The molecule has 1 saturated carbocycles. The first-order valence-electron chi connectivity index (χ1n) is 7.23. The second-order valence-electron chi connectivity index (χ2n) is 5.51. The molecule has 1 aromatic rings. The van der Waals surface area contributed by atoms with Crippen molar-refractivity contribution in [1.29, 1.82) is 0 Å². The summed E-state index contributed by atoms with van der Waals surface area (Å²) < 4.78 is 16.7. The first kappa shape index (κ1) is 13.6. The Morgan fingerprint density at radius 2 is 1.95 bits per heavy atom. The highest BCUT2D eigenvalue weighted by Crippen LogP contribution is 2.37. The molecule has 5 nitrogen and oxygen atoms in total. The van der Waals surface area contributed by atoms with E-state index in [9.17, 15) is 0 Å². The molecule has 0 amide bonds. The van der Waals surface area contributed by atoms with Crippen LogP contribution < -0.4 is 9.64 Å². The molecule has 20 heavy (non-hydrogen) atoms. The summed E-state index contributed by atoms with van der Waals surface area (Å²) in [6.07, 6.45) is 5.85. The summed E-state index contributed by atoms with van der Waals surface area (Å²) >= 11 is 0. The van der Waals surface area contributed by atoms with Crippen molar-refractivity contribution in [2.45, 2.75) is 37.5 Å². The van der Waals surface area contributed by atoms with Crippen molar-refractivity contribution in [2.24, 2.45) is 0 Å². The maximum absolute atomic E-state index is 5.77. The zero-order valence-electron chi connectivity index (χ0n) is 12.2. The molecule has 0 unspecified atom stereocenters. The molecular formula is C15H22N2O3. The van der Waals surface area contributed by atoms with E-state index in [0.29, 0.717) is 6.04 Å². The molecule has 0 bridgehead atoms. The van der Waals surface area contributed by atoms with Crippen molar-refractivity contribution in [1.82, 2.24) is 4.98 Å². The minimum absolute atomic E-state index is 0.287. The van der Waals surface area contributed by atoms with Gasteiger partial charge in [0.15, 0.2) is 5.79 Å². The first-order valence-corrected chi connectivity index (χ1v) is 7.23. The van der Waals surface area contributed by atoms with Gasteiger partial charge in [-0.1, -0.05) is 0 Å². The largest absolute Gasteiger partial charge is 0.495 e. The van der Waals surface area contributed by atoms with Gasteiger partial charge in [-0.25, -0.2) is 4.98 Å². The van der Waals surface area contributed by atoms with E-state index in [1.54, 1.807) is 13.3 Å². The molecule has 1 saturated heterocycles. The van der Waals surface area contributed by atoms with Gasteiger partial charge in [-0.05, 0) is 25.0 Å². The van der Waals surface area contributed by atoms with Crippen molar-refractivity contribution >= 4 is 5.82 Å². The van der Waals surface area contributed by atoms with Crippen LogP contribution in [0.3, 0.4) is 0 Å². The van der Waals surface area contributed by atoms with Crippen molar-refractivity contribution in [3.05, 3.63) is 18.3 Å². The van der Waals surface area contributed by atoms with Crippen molar-refractivity contribution in [3.8, 4) is 5.75 Å². The summed E-state index contributed by atoms with van der Waals surface area (Å²) in [6.45, 7) is 1.47. The minimum Gasteiger partial charge on any atom is -0.495 e. The van der Waals surface area contributed by atoms with E-state index in [4.69, 9.17) is 14.2 Å². The number of hydrogen-bond acceptors (Lipinski definition) is 5. The van der Waals surface area contributed by atoms with E-state index in [0.717, 1.165) is 50.5 Å². The molecule has 1 spiro atoms. The third-order valence-electron chi connectivity index (χ3n) is 4.40. The van der Waals surface area contributed by atoms with Crippen molar-refractivity contribution < 1.29 is 14.2 Å². The van der Waals surface area contributed by atoms with Gasteiger partial charge in [0, 0.05) is 25.9 Å². The van der Waals surface area contributed by atoms with Gasteiger partial charge < -0.3 is 19.1 Å². The normalized spacial score (nSPS) is 22.1. The predicted molar refractivity (Wildman–Crippen MR) is 76.1 cm³/mol. The van der Waals surface area contributed by atoms with E-state index in [2.05, 4.69) is 16.9 Å². The van der Waals surface area contributed by atoms with Gasteiger partial charge in [-0.3, -0.25) is 0 Å². The molecule has 0 aromatic carbocycles. The fourth-order valence-electron chi connectivity index (χ4n) is 3.10. The Bertz CT molecular complexity index is 433. The Labute approximate surface area is 119 Å². The Morgan fingerprint density at radius 3 is 2.50 bits per heavy atom. The van der Waals surface area contributed by atoms with E-state index < -0.39 is 0 Å². The van der Waals surface area contributed by atoms with Crippen LogP contribution >= 0.6 is 0 Å². The van der Waals surface area contributed by atoms with Gasteiger partial charge >= 0.3 is 0 Å². The monoisotopic (exact) mass is 278 g/mol. The number of hydrogen-bond donors (Lipinski definition) is 0. The molecular weight excluding hydrogens is 256 g/mol. The highest BCUT2D eigenvalue weighted by atomic mass is 16.7. The van der Waals surface area contributed by atoms with Gasteiger partial charge in [0.05, 0.1) is 26.5 Å². The summed E-state index contributed by atoms with van der Waals surface area (Å²) in [4.78, 5) is 6.70. The summed E-state index contributed by atoms with van der Waals surface area (Å²) in [6, 6.07) is 4.45. The van der Waals surface area contributed by atoms with Crippen LogP contribution in [0.15, 0.2) is 18.3 Å². The number of nitrogens with zero attached hydrogens (tertiary/aromatic N) is 2. The summed E-state index contributed by atoms with van der Waals surface area (Å²) in [5.74, 6) is 1.49. The standard InChI is InChI=1S/C15H22N2O3/c1-17(14-4-3-13(18-2)11-16-14)12-5-7-15(8-6-12)19-9-10-20-15/h3-4,11-12H,5-10H2,1-2H3. The number of anilines is 1. The molecule has 5 heteroatoms. The Morgan fingerprint density at radius 1 is 1.25 bits per heavy atom. The van der Waals surface area contributed by atoms with E-state index in [-0.39, 0.29) is 5.79 Å². The second kappa shape index (κ2) is 5.58. The lowest BCUT2D eigenvalue weighted by atomic mass is 9.89. The van der Waals surface area contributed by atoms with Crippen molar-refractivity contribution in [3.63, 3.8) is 0 Å². The van der Waals surface area contributed by atoms with Gasteiger partial charge in [-0.2, -0.15) is 0 Å².